The standard InChI is InChI=1S/C18H14FN2.ClH.Pt/c1-12-3-5-20-17(7-12)14-9-15(11-16(19)10-14)18-8-13(2)4-6-21-18;;/h3-8,10-11H,1-2H3;1H;/q-1;;+2/p-1. The zero-order valence-electron chi connectivity index (χ0n) is 12.6. The first-order valence-electron chi connectivity index (χ1n) is 6.83. The van der Waals surface area contributed by atoms with E-state index in [1.165, 1.54) is 12.1 Å². The van der Waals surface area contributed by atoms with Gasteiger partial charge in [0.15, 0.2) is 0 Å². The van der Waals surface area contributed by atoms with Gasteiger partial charge in [-0.2, -0.15) is 0 Å². The van der Waals surface area contributed by atoms with Crippen molar-refractivity contribution < 1.29 is 23.2 Å². The zero-order chi connectivity index (χ0) is 16.8. The summed E-state index contributed by atoms with van der Waals surface area (Å²) in [6.45, 7) is 3.96. The van der Waals surface area contributed by atoms with E-state index in [9.17, 15) is 4.39 Å². The molecule has 2 aromatic heterocycles. The number of aryl methyl sites for hydroxylation is 2. The Balaban J connectivity index is 0.000000924. The van der Waals surface area contributed by atoms with Crippen LogP contribution in [0.1, 0.15) is 11.1 Å². The summed E-state index contributed by atoms with van der Waals surface area (Å²) in [5.41, 5.74) is 4.85. The molecule has 120 valence electrons. The van der Waals surface area contributed by atoms with Gasteiger partial charge in [0.05, 0.1) is 5.82 Å². The summed E-state index contributed by atoms with van der Waals surface area (Å²) in [5, 5.41) is 0. The molecule has 0 atom stereocenters. The molecule has 0 aliphatic heterocycles. The van der Waals surface area contributed by atoms with Crippen LogP contribution in [0.2, 0.25) is 0 Å². The molecular formula is C18H14ClFN2Pt. The molecule has 0 aliphatic rings. The normalized spacial score (nSPS) is 10.0. The van der Waals surface area contributed by atoms with Crippen molar-refractivity contribution in [3.8, 4) is 22.5 Å². The van der Waals surface area contributed by atoms with Crippen LogP contribution in [0.15, 0.2) is 48.8 Å². The number of benzene rings is 1. The summed E-state index contributed by atoms with van der Waals surface area (Å²) < 4.78 is 13.9. The van der Waals surface area contributed by atoms with E-state index in [2.05, 4.69) is 25.5 Å². The van der Waals surface area contributed by atoms with Crippen molar-refractivity contribution in [1.29, 1.82) is 0 Å². The molecule has 0 fully saturated rings. The first-order chi connectivity index (χ1) is 11.1. The quantitative estimate of drug-likeness (QED) is 0.454. The maximum absolute atomic E-state index is 13.9. The van der Waals surface area contributed by atoms with Crippen molar-refractivity contribution in [1.82, 2.24) is 9.97 Å². The van der Waals surface area contributed by atoms with Crippen LogP contribution in [0.25, 0.3) is 22.5 Å². The second-order valence-electron chi connectivity index (χ2n) is 5.06. The van der Waals surface area contributed by atoms with Gasteiger partial charge in [0.25, 0.3) is 0 Å². The summed E-state index contributed by atoms with van der Waals surface area (Å²) in [6.07, 6.45) is 3.43. The molecule has 3 aromatic rings. The average molecular weight is 508 g/mol. The van der Waals surface area contributed by atoms with E-state index in [1.807, 2.05) is 38.1 Å². The maximum atomic E-state index is 13.9. The summed E-state index contributed by atoms with van der Waals surface area (Å²) in [5.74, 6) is -0.314. The predicted molar refractivity (Wildman–Crippen MR) is 87.0 cm³/mol. The molecule has 0 spiro atoms. The van der Waals surface area contributed by atoms with Crippen molar-refractivity contribution in [2.45, 2.75) is 13.8 Å². The van der Waals surface area contributed by atoms with Crippen LogP contribution in [-0.4, -0.2) is 9.97 Å². The van der Waals surface area contributed by atoms with Crippen LogP contribution in [-0.2, 0) is 18.8 Å². The molecule has 0 bridgehead atoms. The monoisotopic (exact) mass is 507 g/mol. The first-order valence-corrected chi connectivity index (χ1v) is 9.64. The molecule has 3 rings (SSSR count). The molecule has 0 radical (unpaired) electrons. The molecule has 2 nitrogen and oxygen atoms in total. The van der Waals surface area contributed by atoms with Gasteiger partial charge in [-0.15, -0.1) is 6.07 Å². The number of rotatable bonds is 2. The van der Waals surface area contributed by atoms with Gasteiger partial charge < -0.3 is 0 Å². The Hall–Kier alpha value is -1.57. The molecular weight excluding hydrogens is 494 g/mol. The number of hydrogen-bond acceptors (Lipinski definition) is 2. The van der Waals surface area contributed by atoms with Gasteiger partial charge in [0.1, 0.15) is 0 Å². The van der Waals surface area contributed by atoms with Crippen LogP contribution in [0.4, 0.5) is 4.39 Å². The molecule has 5 heteroatoms. The van der Waals surface area contributed by atoms with Gasteiger partial charge in [-0.1, -0.05) is 46.5 Å². The van der Waals surface area contributed by atoms with E-state index in [1.54, 1.807) is 31.2 Å². The molecule has 0 saturated heterocycles. The second kappa shape index (κ2) is 8.33. The number of nitrogens with zero attached hydrogens (tertiary/aromatic N) is 2. The second-order valence-corrected chi connectivity index (χ2v) is 5.06. The average Bonchev–Trinajstić information content (AvgIpc) is 2.56. The molecule has 1 aromatic carbocycles. The Labute approximate surface area is 150 Å². The number of aromatic nitrogens is 2. The van der Waals surface area contributed by atoms with Crippen molar-refractivity contribution in [3.63, 3.8) is 0 Å². The van der Waals surface area contributed by atoms with Gasteiger partial charge in [-0.3, -0.25) is 9.97 Å². The minimum atomic E-state index is -0.314. The predicted octanol–water partition coefficient (Wildman–Crippen LogP) is 5.05. The summed E-state index contributed by atoms with van der Waals surface area (Å²) in [6, 6.07) is 13.7. The van der Waals surface area contributed by atoms with Gasteiger partial charge in [-0.25, -0.2) is 4.39 Å². The van der Waals surface area contributed by atoms with E-state index in [0.717, 1.165) is 11.1 Å². The van der Waals surface area contributed by atoms with E-state index >= 15 is 0 Å². The van der Waals surface area contributed by atoms with Gasteiger partial charge in [0, 0.05) is 23.8 Å². The molecule has 0 unspecified atom stereocenters. The Morgan fingerprint density at radius 3 is 1.70 bits per heavy atom. The van der Waals surface area contributed by atoms with Crippen LogP contribution >= 0.6 is 9.42 Å². The summed E-state index contributed by atoms with van der Waals surface area (Å²) in [7, 11) is 4.61. The van der Waals surface area contributed by atoms with E-state index < -0.39 is 0 Å². The van der Waals surface area contributed by atoms with Crippen molar-refractivity contribution in [3.05, 3.63) is 71.8 Å². The Morgan fingerprint density at radius 1 is 0.870 bits per heavy atom. The molecule has 23 heavy (non-hydrogen) atoms. The van der Waals surface area contributed by atoms with E-state index in [0.29, 0.717) is 22.5 Å². The van der Waals surface area contributed by atoms with Crippen LogP contribution in [0.5, 0.6) is 0 Å². The van der Waals surface area contributed by atoms with Crippen molar-refractivity contribution >= 4 is 9.42 Å². The first kappa shape index (κ1) is 17.8. The van der Waals surface area contributed by atoms with Gasteiger partial charge >= 0.3 is 28.2 Å². The fourth-order valence-electron chi connectivity index (χ4n) is 2.18. The van der Waals surface area contributed by atoms with Crippen LogP contribution in [0, 0.1) is 25.7 Å². The topological polar surface area (TPSA) is 25.8 Å². The third-order valence-electron chi connectivity index (χ3n) is 3.22. The summed E-state index contributed by atoms with van der Waals surface area (Å²) in [4.78, 5) is 8.57. The minimum absolute atomic E-state index is 0.314. The fraction of sp³-hybridized carbons (Fsp3) is 0.111. The number of hydrogen-bond donors (Lipinski definition) is 0. The molecule has 0 aliphatic carbocycles. The SMILES string of the molecule is Cc1ccnc(-c2[c-]c(-c3cc(C)ccn3)cc(F)c2)c1.[Cl][Pt+]. The molecule has 0 saturated carbocycles. The number of halogens is 2. The van der Waals surface area contributed by atoms with E-state index in [-0.39, 0.29) is 5.82 Å². The fourth-order valence-corrected chi connectivity index (χ4v) is 2.18. The molecule has 0 N–H and O–H groups in total. The van der Waals surface area contributed by atoms with Crippen LogP contribution in [0.3, 0.4) is 0 Å². The third kappa shape index (κ3) is 4.70. The number of pyridine rings is 2. The third-order valence-corrected chi connectivity index (χ3v) is 3.22. The summed E-state index contributed by atoms with van der Waals surface area (Å²) >= 11 is 1.61. The Morgan fingerprint density at radius 2 is 1.30 bits per heavy atom. The Bertz CT molecular complexity index is 745. The Kier molecular flexibility index (Phi) is 6.44. The van der Waals surface area contributed by atoms with E-state index in [4.69, 9.17) is 0 Å². The van der Waals surface area contributed by atoms with Crippen molar-refractivity contribution in [2.75, 3.05) is 0 Å². The van der Waals surface area contributed by atoms with Gasteiger partial charge in [0.2, 0.25) is 0 Å². The zero-order valence-corrected chi connectivity index (χ0v) is 15.6. The van der Waals surface area contributed by atoms with Gasteiger partial charge in [-0.05, 0) is 26.0 Å². The van der Waals surface area contributed by atoms with Crippen molar-refractivity contribution in [2.24, 2.45) is 0 Å². The van der Waals surface area contributed by atoms with Crippen LogP contribution < -0.4 is 0 Å². The molecule has 0 amide bonds. The molecule has 2 heterocycles.